The van der Waals surface area contributed by atoms with E-state index in [4.69, 9.17) is 4.74 Å². The number of benzene rings is 1. The lowest BCUT2D eigenvalue weighted by Crippen LogP contribution is -2.27. The first-order valence-corrected chi connectivity index (χ1v) is 8.55. The lowest BCUT2D eigenvalue weighted by Gasteiger charge is -2.18. The molecule has 1 heterocycles. The molecule has 1 amide bonds. The van der Waals surface area contributed by atoms with E-state index in [9.17, 15) is 24.8 Å². The van der Waals surface area contributed by atoms with E-state index < -0.39 is 23.4 Å². The average Bonchev–Trinajstić information content (AvgIpc) is 2.72. The van der Waals surface area contributed by atoms with Crippen molar-refractivity contribution >= 4 is 23.5 Å². The van der Waals surface area contributed by atoms with Gasteiger partial charge in [-0.15, -0.1) is 0 Å². The van der Waals surface area contributed by atoms with Crippen molar-refractivity contribution in [1.82, 2.24) is 4.98 Å². The normalized spacial score (nSPS) is 10.0. The number of aromatic hydroxyl groups is 1. The minimum absolute atomic E-state index is 0.0303. The Morgan fingerprint density at radius 3 is 2.50 bits per heavy atom. The fourth-order valence-corrected chi connectivity index (χ4v) is 2.42. The van der Waals surface area contributed by atoms with Crippen LogP contribution in [0.1, 0.15) is 46.2 Å². The Kier molecular flexibility index (Phi) is 6.82. The summed E-state index contributed by atoms with van der Waals surface area (Å²) in [6, 6.07) is 11.4. The van der Waals surface area contributed by atoms with Crippen molar-refractivity contribution in [2.45, 2.75) is 19.8 Å². The van der Waals surface area contributed by atoms with Crippen LogP contribution in [0.5, 0.6) is 5.75 Å². The van der Waals surface area contributed by atoms with Crippen molar-refractivity contribution in [3.05, 3.63) is 53.2 Å². The molecule has 0 fully saturated rings. The standard InChI is InChI=1S/C20H19N3O5/c1-3-28-17(25)10-9-15(24)18-19(26)14(12-21)11-16(22-18)23(2)20(27)13-7-5-4-6-8-13/h4-8,11,26H,3,9-10H2,1-2H3. The fraction of sp³-hybridized carbons (Fsp3) is 0.250. The summed E-state index contributed by atoms with van der Waals surface area (Å²) in [5, 5.41) is 19.4. The zero-order valence-electron chi connectivity index (χ0n) is 15.5. The molecule has 1 aromatic carbocycles. The fourth-order valence-electron chi connectivity index (χ4n) is 2.42. The highest BCUT2D eigenvalue weighted by Gasteiger charge is 2.23. The van der Waals surface area contributed by atoms with Gasteiger partial charge in [0.15, 0.2) is 17.2 Å². The number of pyridine rings is 1. The quantitative estimate of drug-likeness (QED) is 0.577. The predicted octanol–water partition coefficient (Wildman–Crippen LogP) is 2.46. The second kappa shape index (κ2) is 9.28. The Balaban J connectivity index is 2.33. The third-order valence-corrected chi connectivity index (χ3v) is 3.89. The number of ether oxygens (including phenoxy) is 1. The van der Waals surface area contributed by atoms with Gasteiger partial charge in [0.05, 0.1) is 18.6 Å². The lowest BCUT2D eigenvalue weighted by molar-refractivity contribution is -0.143. The minimum atomic E-state index is -0.635. The van der Waals surface area contributed by atoms with E-state index in [1.165, 1.54) is 18.0 Å². The highest BCUT2D eigenvalue weighted by molar-refractivity contribution is 6.06. The topological polar surface area (TPSA) is 121 Å². The van der Waals surface area contributed by atoms with Gasteiger partial charge in [-0.1, -0.05) is 18.2 Å². The van der Waals surface area contributed by atoms with Crippen molar-refractivity contribution in [2.75, 3.05) is 18.6 Å². The summed E-state index contributed by atoms with van der Waals surface area (Å²) in [6.45, 7) is 1.84. The minimum Gasteiger partial charge on any atom is -0.504 e. The number of hydrogen-bond acceptors (Lipinski definition) is 7. The maximum atomic E-state index is 12.6. The van der Waals surface area contributed by atoms with Gasteiger partial charge >= 0.3 is 5.97 Å². The van der Waals surface area contributed by atoms with E-state index in [1.54, 1.807) is 43.3 Å². The predicted molar refractivity (Wildman–Crippen MR) is 100.0 cm³/mol. The summed E-state index contributed by atoms with van der Waals surface area (Å²) >= 11 is 0. The molecule has 0 saturated heterocycles. The Hall–Kier alpha value is -3.73. The molecule has 0 atom stereocenters. The van der Waals surface area contributed by atoms with Crippen molar-refractivity contribution in [2.24, 2.45) is 0 Å². The van der Waals surface area contributed by atoms with Crippen LogP contribution in [-0.2, 0) is 9.53 Å². The van der Waals surface area contributed by atoms with Gasteiger partial charge in [-0.05, 0) is 19.1 Å². The Morgan fingerprint density at radius 1 is 1.21 bits per heavy atom. The maximum absolute atomic E-state index is 12.6. The van der Waals surface area contributed by atoms with Crippen molar-refractivity contribution in [3.8, 4) is 11.8 Å². The molecule has 0 aliphatic heterocycles. The van der Waals surface area contributed by atoms with Crippen molar-refractivity contribution in [1.29, 1.82) is 5.26 Å². The first kappa shape index (κ1) is 20.6. The van der Waals surface area contributed by atoms with Gasteiger partial charge in [-0.2, -0.15) is 5.26 Å². The number of hydrogen-bond donors (Lipinski definition) is 1. The molecule has 0 spiro atoms. The number of anilines is 1. The number of nitriles is 1. The Labute approximate surface area is 162 Å². The molecule has 2 rings (SSSR count). The van der Waals surface area contributed by atoms with Crippen LogP contribution in [0.3, 0.4) is 0 Å². The monoisotopic (exact) mass is 381 g/mol. The number of amides is 1. The molecule has 2 aromatic rings. The van der Waals surface area contributed by atoms with E-state index in [0.717, 1.165) is 0 Å². The van der Waals surface area contributed by atoms with Crippen LogP contribution >= 0.6 is 0 Å². The number of rotatable bonds is 7. The molecule has 28 heavy (non-hydrogen) atoms. The van der Waals surface area contributed by atoms with Gasteiger partial charge in [0.1, 0.15) is 11.9 Å². The second-order valence-electron chi connectivity index (χ2n) is 5.80. The zero-order valence-corrected chi connectivity index (χ0v) is 15.5. The summed E-state index contributed by atoms with van der Waals surface area (Å²) in [6.07, 6.45) is -0.428. The number of aromatic nitrogens is 1. The van der Waals surface area contributed by atoms with Gasteiger partial charge in [0, 0.05) is 25.1 Å². The Bertz CT molecular complexity index is 935. The first-order valence-electron chi connectivity index (χ1n) is 8.55. The largest absolute Gasteiger partial charge is 0.504 e. The summed E-state index contributed by atoms with van der Waals surface area (Å²) in [5.41, 5.74) is -0.170. The van der Waals surface area contributed by atoms with Crippen molar-refractivity contribution in [3.63, 3.8) is 0 Å². The van der Waals surface area contributed by atoms with Crippen LogP contribution < -0.4 is 4.90 Å². The van der Waals surface area contributed by atoms with Crippen LogP contribution in [-0.4, -0.2) is 41.4 Å². The second-order valence-corrected chi connectivity index (χ2v) is 5.80. The SMILES string of the molecule is CCOC(=O)CCC(=O)c1nc(N(C)C(=O)c2ccccc2)cc(C#N)c1O. The molecule has 1 aromatic heterocycles. The highest BCUT2D eigenvalue weighted by atomic mass is 16.5. The molecule has 8 nitrogen and oxygen atoms in total. The van der Waals surface area contributed by atoms with Gasteiger partial charge in [-0.25, -0.2) is 4.98 Å². The molecule has 1 N–H and O–H groups in total. The number of ketones is 1. The van der Waals surface area contributed by atoms with Crippen molar-refractivity contribution < 1.29 is 24.2 Å². The van der Waals surface area contributed by atoms with Crippen LogP contribution in [0, 0.1) is 11.3 Å². The summed E-state index contributed by atoms with van der Waals surface area (Å²) < 4.78 is 4.77. The number of esters is 1. The maximum Gasteiger partial charge on any atom is 0.306 e. The average molecular weight is 381 g/mol. The van der Waals surface area contributed by atoms with Crippen LogP contribution in [0.2, 0.25) is 0 Å². The molecule has 8 heteroatoms. The summed E-state index contributed by atoms with van der Waals surface area (Å²) in [7, 11) is 1.45. The van der Waals surface area contributed by atoms with Gasteiger partial charge in [-0.3, -0.25) is 19.3 Å². The van der Waals surface area contributed by atoms with Crippen LogP contribution in [0.4, 0.5) is 5.82 Å². The van der Waals surface area contributed by atoms with E-state index in [1.807, 2.05) is 0 Å². The van der Waals surface area contributed by atoms with Gasteiger partial charge < -0.3 is 9.84 Å². The molecule has 0 aliphatic rings. The zero-order chi connectivity index (χ0) is 20.7. The van der Waals surface area contributed by atoms with E-state index >= 15 is 0 Å². The Morgan fingerprint density at radius 2 is 1.89 bits per heavy atom. The highest BCUT2D eigenvalue weighted by Crippen LogP contribution is 2.27. The smallest absolute Gasteiger partial charge is 0.306 e. The molecular formula is C20H19N3O5. The lowest BCUT2D eigenvalue weighted by atomic mass is 10.1. The first-order chi connectivity index (χ1) is 13.4. The number of carbonyl (C=O) groups excluding carboxylic acids is 3. The molecule has 0 unspecified atom stereocenters. The summed E-state index contributed by atoms with van der Waals surface area (Å²) in [5.74, 6) is -2.14. The molecular weight excluding hydrogens is 362 g/mol. The third-order valence-electron chi connectivity index (χ3n) is 3.89. The molecule has 0 aliphatic carbocycles. The third kappa shape index (κ3) is 4.71. The number of nitrogens with zero attached hydrogens (tertiary/aromatic N) is 3. The molecule has 0 bridgehead atoms. The molecule has 0 saturated carbocycles. The molecule has 0 radical (unpaired) electrons. The van der Waals surface area contributed by atoms with Gasteiger partial charge in [0.2, 0.25) is 0 Å². The van der Waals surface area contributed by atoms with E-state index in [0.29, 0.717) is 5.56 Å². The van der Waals surface area contributed by atoms with E-state index in [2.05, 4.69) is 4.98 Å². The van der Waals surface area contributed by atoms with Gasteiger partial charge in [0.25, 0.3) is 5.91 Å². The molecule has 144 valence electrons. The summed E-state index contributed by atoms with van der Waals surface area (Å²) in [4.78, 5) is 41.7. The van der Waals surface area contributed by atoms with Crippen LogP contribution in [0.15, 0.2) is 36.4 Å². The van der Waals surface area contributed by atoms with Crippen LogP contribution in [0.25, 0.3) is 0 Å². The van der Waals surface area contributed by atoms with E-state index in [-0.39, 0.29) is 36.5 Å². The number of Topliss-reactive ketones (excluding diaryl/α,β-unsaturated/α-hetero) is 1. The number of carbonyl (C=O) groups is 3.